The molecule has 0 amide bonds. The molecule has 0 bridgehead atoms. The van der Waals surface area contributed by atoms with E-state index in [1.165, 1.54) is 19.1 Å². The average Bonchev–Trinajstić information content (AvgIpc) is 2.15. The van der Waals surface area contributed by atoms with Crippen LogP contribution in [0.25, 0.3) is 0 Å². The van der Waals surface area contributed by atoms with Gasteiger partial charge in [-0.1, -0.05) is 0 Å². The predicted octanol–water partition coefficient (Wildman–Crippen LogP) is 2.21. The highest BCUT2D eigenvalue weighted by molar-refractivity contribution is 14.1. The molecule has 1 rings (SSSR count). The molecular weight excluding hydrogens is 313 g/mol. The molecule has 0 spiro atoms. The molecular formula is C9H6INO4. The van der Waals surface area contributed by atoms with Gasteiger partial charge in [0.1, 0.15) is 6.29 Å². The average molecular weight is 319 g/mol. The van der Waals surface area contributed by atoms with Gasteiger partial charge in [0.15, 0.2) is 5.78 Å². The van der Waals surface area contributed by atoms with E-state index in [0.717, 1.165) is 0 Å². The smallest absolute Gasteiger partial charge is 0.293 e. The van der Waals surface area contributed by atoms with Crippen LogP contribution >= 0.6 is 22.6 Å². The van der Waals surface area contributed by atoms with Crippen LogP contribution in [-0.4, -0.2) is 17.0 Å². The molecule has 0 aliphatic rings. The number of halogens is 1. The van der Waals surface area contributed by atoms with Gasteiger partial charge in [0.2, 0.25) is 0 Å². The molecule has 78 valence electrons. The van der Waals surface area contributed by atoms with E-state index in [1.54, 1.807) is 22.6 Å². The minimum atomic E-state index is -0.618. The molecule has 0 saturated carbocycles. The first-order valence-electron chi connectivity index (χ1n) is 3.91. The van der Waals surface area contributed by atoms with Crippen molar-refractivity contribution in [1.82, 2.24) is 0 Å². The number of carbonyl (C=O) groups excluding carboxylic acids is 2. The molecule has 0 radical (unpaired) electrons. The minimum Gasteiger partial charge on any atom is -0.298 e. The third-order valence-corrected chi connectivity index (χ3v) is 2.61. The number of benzene rings is 1. The zero-order valence-electron chi connectivity index (χ0n) is 7.69. The number of Topliss-reactive ketones (excluding diaryl/α,β-unsaturated/α-hetero) is 1. The highest BCUT2D eigenvalue weighted by atomic mass is 127. The van der Waals surface area contributed by atoms with Crippen LogP contribution in [0, 0.1) is 13.7 Å². The summed E-state index contributed by atoms with van der Waals surface area (Å²) in [6.45, 7) is 1.23. The van der Waals surface area contributed by atoms with E-state index in [-0.39, 0.29) is 20.4 Å². The molecule has 0 atom stereocenters. The Hall–Kier alpha value is -1.31. The molecule has 15 heavy (non-hydrogen) atoms. The quantitative estimate of drug-likeness (QED) is 0.281. The summed E-state index contributed by atoms with van der Waals surface area (Å²) in [7, 11) is 0. The van der Waals surface area contributed by atoms with Gasteiger partial charge >= 0.3 is 0 Å². The second-order valence-corrected chi connectivity index (χ2v) is 3.99. The summed E-state index contributed by atoms with van der Waals surface area (Å²) in [6.07, 6.45) is 0.554. The zero-order valence-corrected chi connectivity index (χ0v) is 9.85. The van der Waals surface area contributed by atoms with Gasteiger partial charge in [-0.25, -0.2) is 0 Å². The fourth-order valence-electron chi connectivity index (χ4n) is 1.14. The second kappa shape index (κ2) is 4.47. The van der Waals surface area contributed by atoms with Crippen LogP contribution in [0.15, 0.2) is 12.1 Å². The van der Waals surface area contributed by atoms with E-state index in [2.05, 4.69) is 0 Å². The van der Waals surface area contributed by atoms with Crippen molar-refractivity contribution in [2.75, 3.05) is 0 Å². The minimum absolute atomic E-state index is 0.0333. The number of aldehydes is 1. The Balaban J connectivity index is 3.56. The first-order chi connectivity index (χ1) is 6.97. The largest absolute Gasteiger partial charge is 0.298 e. The van der Waals surface area contributed by atoms with Crippen molar-refractivity contribution in [1.29, 1.82) is 0 Å². The first-order valence-corrected chi connectivity index (χ1v) is 4.99. The van der Waals surface area contributed by atoms with Gasteiger partial charge in [-0.2, -0.15) is 0 Å². The summed E-state index contributed by atoms with van der Waals surface area (Å²) in [6, 6.07) is 2.60. The number of ketones is 1. The Bertz CT molecular complexity index is 456. The van der Waals surface area contributed by atoms with Crippen molar-refractivity contribution in [2.45, 2.75) is 6.92 Å². The summed E-state index contributed by atoms with van der Waals surface area (Å²) in [5.74, 6) is -0.427. The number of rotatable bonds is 3. The van der Waals surface area contributed by atoms with E-state index in [0.29, 0.717) is 6.29 Å². The normalized spacial score (nSPS) is 9.73. The SMILES string of the molecule is CC(=O)c1cc(C=O)cc(I)c1[N+](=O)[O-]. The number of hydrogen-bond donors (Lipinski definition) is 0. The van der Waals surface area contributed by atoms with Crippen LogP contribution in [0.3, 0.4) is 0 Å². The van der Waals surface area contributed by atoms with Gasteiger partial charge in [-0.3, -0.25) is 19.7 Å². The van der Waals surface area contributed by atoms with Gasteiger partial charge in [0.05, 0.1) is 14.1 Å². The number of nitro groups is 1. The summed E-state index contributed by atoms with van der Waals surface area (Å²) in [5.41, 5.74) is -0.0158. The Morgan fingerprint density at radius 1 is 1.53 bits per heavy atom. The van der Waals surface area contributed by atoms with Gasteiger partial charge in [-0.05, 0) is 41.6 Å². The zero-order chi connectivity index (χ0) is 11.6. The Morgan fingerprint density at radius 2 is 2.13 bits per heavy atom. The molecule has 5 nitrogen and oxygen atoms in total. The molecule has 1 aromatic carbocycles. The molecule has 0 aliphatic heterocycles. The third-order valence-electron chi connectivity index (χ3n) is 1.78. The van der Waals surface area contributed by atoms with Crippen LogP contribution in [-0.2, 0) is 0 Å². The lowest BCUT2D eigenvalue weighted by Crippen LogP contribution is -2.03. The maximum atomic E-state index is 11.2. The third kappa shape index (κ3) is 2.38. The molecule has 1 aromatic rings. The van der Waals surface area contributed by atoms with Crippen LogP contribution in [0.2, 0.25) is 0 Å². The van der Waals surface area contributed by atoms with Gasteiger partial charge in [-0.15, -0.1) is 0 Å². The van der Waals surface area contributed by atoms with Crippen LogP contribution < -0.4 is 0 Å². The number of hydrogen-bond acceptors (Lipinski definition) is 4. The standard InChI is InChI=1S/C9H6INO4/c1-5(13)7-2-6(4-12)3-8(10)9(7)11(14)15/h2-4H,1H3. The maximum Gasteiger partial charge on any atom is 0.293 e. The molecule has 0 unspecified atom stereocenters. The highest BCUT2D eigenvalue weighted by Gasteiger charge is 2.22. The first kappa shape index (κ1) is 11.8. The van der Waals surface area contributed by atoms with Crippen molar-refractivity contribution in [3.05, 3.63) is 36.9 Å². The summed E-state index contributed by atoms with van der Waals surface area (Å²) in [4.78, 5) is 31.8. The van der Waals surface area contributed by atoms with Gasteiger partial charge in [0, 0.05) is 5.56 Å². The summed E-state index contributed by atoms with van der Waals surface area (Å²) >= 11 is 1.73. The fourth-order valence-corrected chi connectivity index (χ4v) is 1.99. The van der Waals surface area contributed by atoms with Crippen molar-refractivity contribution in [2.24, 2.45) is 0 Å². The molecule has 0 fully saturated rings. The molecule has 0 aliphatic carbocycles. The molecule has 6 heteroatoms. The Kier molecular flexibility index (Phi) is 3.51. The molecule has 0 aromatic heterocycles. The summed E-state index contributed by atoms with van der Waals surface area (Å²) < 4.78 is 0.285. The lowest BCUT2D eigenvalue weighted by molar-refractivity contribution is -0.386. The fraction of sp³-hybridized carbons (Fsp3) is 0.111. The van der Waals surface area contributed by atoms with Crippen LogP contribution in [0.5, 0.6) is 0 Å². The van der Waals surface area contributed by atoms with Crippen molar-refractivity contribution < 1.29 is 14.5 Å². The lowest BCUT2D eigenvalue weighted by atomic mass is 10.1. The highest BCUT2D eigenvalue weighted by Crippen LogP contribution is 2.27. The Morgan fingerprint density at radius 3 is 2.53 bits per heavy atom. The predicted molar refractivity (Wildman–Crippen MR) is 61.2 cm³/mol. The van der Waals surface area contributed by atoms with Crippen molar-refractivity contribution >= 4 is 40.3 Å². The lowest BCUT2D eigenvalue weighted by Gasteiger charge is -2.02. The van der Waals surface area contributed by atoms with E-state index in [4.69, 9.17) is 0 Å². The monoisotopic (exact) mass is 319 g/mol. The van der Waals surface area contributed by atoms with Gasteiger partial charge in [0.25, 0.3) is 5.69 Å². The molecule has 0 heterocycles. The topological polar surface area (TPSA) is 77.3 Å². The van der Waals surface area contributed by atoms with Crippen LogP contribution in [0.4, 0.5) is 5.69 Å². The van der Waals surface area contributed by atoms with E-state index < -0.39 is 10.7 Å². The van der Waals surface area contributed by atoms with Gasteiger partial charge < -0.3 is 0 Å². The van der Waals surface area contributed by atoms with E-state index in [9.17, 15) is 19.7 Å². The number of nitrogens with zero attached hydrogens (tertiary/aromatic N) is 1. The van der Waals surface area contributed by atoms with Crippen molar-refractivity contribution in [3.63, 3.8) is 0 Å². The molecule has 0 N–H and O–H groups in total. The summed E-state index contributed by atoms with van der Waals surface area (Å²) in [5, 5.41) is 10.7. The van der Waals surface area contributed by atoms with E-state index in [1.807, 2.05) is 0 Å². The Labute approximate surface area is 98.8 Å². The number of nitro benzene ring substituents is 1. The van der Waals surface area contributed by atoms with E-state index >= 15 is 0 Å². The molecule has 0 saturated heterocycles. The maximum absolute atomic E-state index is 11.2. The number of carbonyl (C=O) groups is 2. The van der Waals surface area contributed by atoms with Crippen molar-refractivity contribution in [3.8, 4) is 0 Å². The second-order valence-electron chi connectivity index (χ2n) is 2.83. The van der Waals surface area contributed by atoms with Crippen LogP contribution in [0.1, 0.15) is 27.6 Å².